The van der Waals surface area contributed by atoms with Gasteiger partial charge in [0.05, 0.1) is 5.69 Å². The standard InChI is InChI=1S/C19H35N7O.HI/c1-5-20-19(21-7-6-9-26-17(3)15-16(2)23-26)22-8-10-24-11-13-25(14-12-24)18(4)27;/h15H,5-14H2,1-4H3,(H2,20,21,22);1H. The maximum absolute atomic E-state index is 11.4. The molecule has 0 unspecified atom stereocenters. The van der Waals surface area contributed by atoms with Crippen molar-refractivity contribution in [2.24, 2.45) is 4.99 Å². The summed E-state index contributed by atoms with van der Waals surface area (Å²) in [6.07, 6.45) is 0.964. The zero-order valence-electron chi connectivity index (χ0n) is 17.7. The fourth-order valence-electron chi connectivity index (χ4n) is 3.27. The van der Waals surface area contributed by atoms with Crippen LogP contribution in [0.2, 0.25) is 0 Å². The first-order valence-electron chi connectivity index (χ1n) is 10.0. The Bertz CT molecular complexity index is 624. The molecule has 1 fully saturated rings. The molecule has 0 spiro atoms. The van der Waals surface area contributed by atoms with Crippen LogP contribution in [0.4, 0.5) is 0 Å². The Balaban J connectivity index is 0.00000392. The topological polar surface area (TPSA) is 77.8 Å². The molecular formula is C19H36IN7O. The quantitative estimate of drug-likeness (QED) is 0.241. The Morgan fingerprint density at radius 3 is 2.46 bits per heavy atom. The number of halogens is 1. The Morgan fingerprint density at radius 2 is 1.89 bits per heavy atom. The number of guanidine groups is 1. The van der Waals surface area contributed by atoms with Crippen LogP contribution < -0.4 is 10.6 Å². The van der Waals surface area contributed by atoms with Crippen molar-refractivity contribution in [1.82, 2.24) is 30.2 Å². The zero-order chi connectivity index (χ0) is 19.6. The number of nitrogens with one attached hydrogen (secondary N) is 2. The van der Waals surface area contributed by atoms with Gasteiger partial charge in [-0.1, -0.05) is 0 Å². The smallest absolute Gasteiger partial charge is 0.219 e. The van der Waals surface area contributed by atoms with Gasteiger partial charge in [-0.3, -0.25) is 19.4 Å². The number of nitrogens with zero attached hydrogens (tertiary/aromatic N) is 5. The summed E-state index contributed by atoms with van der Waals surface area (Å²) in [6, 6.07) is 2.10. The third-order valence-electron chi connectivity index (χ3n) is 4.78. The van der Waals surface area contributed by atoms with Crippen LogP contribution >= 0.6 is 24.0 Å². The van der Waals surface area contributed by atoms with Crippen LogP contribution in [0.1, 0.15) is 31.7 Å². The van der Waals surface area contributed by atoms with Crippen LogP contribution in [-0.4, -0.2) is 83.8 Å². The summed E-state index contributed by atoms with van der Waals surface area (Å²) in [6.45, 7) is 15.7. The predicted octanol–water partition coefficient (Wildman–Crippen LogP) is 1.23. The van der Waals surface area contributed by atoms with Gasteiger partial charge < -0.3 is 15.5 Å². The largest absolute Gasteiger partial charge is 0.357 e. The molecule has 1 aromatic heterocycles. The number of amides is 1. The lowest BCUT2D eigenvalue weighted by Crippen LogP contribution is -2.50. The van der Waals surface area contributed by atoms with E-state index in [0.717, 1.165) is 77.0 Å². The molecule has 0 aromatic carbocycles. The average Bonchev–Trinajstić information content (AvgIpc) is 2.96. The molecule has 28 heavy (non-hydrogen) atoms. The fraction of sp³-hybridized carbons (Fsp3) is 0.737. The molecule has 2 rings (SSSR count). The van der Waals surface area contributed by atoms with Crippen LogP contribution in [0.25, 0.3) is 0 Å². The van der Waals surface area contributed by atoms with Gasteiger partial charge in [0.25, 0.3) is 0 Å². The molecule has 0 radical (unpaired) electrons. The van der Waals surface area contributed by atoms with Gasteiger partial charge in [-0.2, -0.15) is 5.10 Å². The average molecular weight is 505 g/mol. The van der Waals surface area contributed by atoms with E-state index >= 15 is 0 Å². The maximum Gasteiger partial charge on any atom is 0.219 e. The van der Waals surface area contributed by atoms with Crippen LogP contribution in [0, 0.1) is 13.8 Å². The van der Waals surface area contributed by atoms with E-state index in [1.54, 1.807) is 6.92 Å². The molecule has 0 atom stereocenters. The van der Waals surface area contributed by atoms with Gasteiger partial charge in [-0.15, -0.1) is 24.0 Å². The van der Waals surface area contributed by atoms with Gasteiger partial charge in [0, 0.05) is 71.5 Å². The maximum atomic E-state index is 11.4. The first kappa shape index (κ1) is 24.7. The number of aliphatic imine (C=N–C) groups is 1. The van der Waals surface area contributed by atoms with E-state index < -0.39 is 0 Å². The minimum Gasteiger partial charge on any atom is -0.357 e. The van der Waals surface area contributed by atoms with Gasteiger partial charge in [0.15, 0.2) is 5.96 Å². The van der Waals surface area contributed by atoms with Gasteiger partial charge in [-0.05, 0) is 33.3 Å². The second-order valence-corrected chi connectivity index (χ2v) is 7.04. The minimum atomic E-state index is 0. The summed E-state index contributed by atoms with van der Waals surface area (Å²) >= 11 is 0. The molecule has 0 aliphatic carbocycles. The Morgan fingerprint density at radius 1 is 1.18 bits per heavy atom. The van der Waals surface area contributed by atoms with Crippen LogP contribution in [0.5, 0.6) is 0 Å². The third-order valence-corrected chi connectivity index (χ3v) is 4.78. The van der Waals surface area contributed by atoms with Crippen molar-refractivity contribution in [2.45, 2.75) is 40.7 Å². The van der Waals surface area contributed by atoms with Crippen molar-refractivity contribution < 1.29 is 4.79 Å². The van der Waals surface area contributed by atoms with Gasteiger partial charge in [0.1, 0.15) is 0 Å². The van der Waals surface area contributed by atoms with E-state index in [2.05, 4.69) is 45.5 Å². The van der Waals surface area contributed by atoms with Crippen molar-refractivity contribution in [1.29, 1.82) is 0 Å². The molecule has 1 amide bonds. The highest BCUT2D eigenvalue weighted by molar-refractivity contribution is 14.0. The Labute approximate surface area is 186 Å². The summed E-state index contributed by atoms with van der Waals surface area (Å²) in [5, 5.41) is 11.2. The number of carbonyl (C=O) groups is 1. The molecule has 1 aromatic rings. The number of hydrogen-bond acceptors (Lipinski definition) is 4. The highest BCUT2D eigenvalue weighted by Crippen LogP contribution is 2.03. The number of carbonyl (C=O) groups excluding carboxylic acids is 1. The predicted molar refractivity (Wildman–Crippen MR) is 124 cm³/mol. The van der Waals surface area contributed by atoms with Crippen molar-refractivity contribution in [2.75, 3.05) is 52.4 Å². The first-order valence-corrected chi connectivity index (χ1v) is 10.0. The highest BCUT2D eigenvalue weighted by Gasteiger charge is 2.17. The Kier molecular flexibility index (Phi) is 11.4. The molecule has 0 bridgehead atoms. The van der Waals surface area contributed by atoms with Gasteiger partial charge in [-0.25, -0.2) is 0 Å². The molecule has 2 N–H and O–H groups in total. The molecule has 0 saturated carbocycles. The zero-order valence-corrected chi connectivity index (χ0v) is 20.0. The second kappa shape index (κ2) is 13.0. The molecule has 2 heterocycles. The fourth-order valence-corrected chi connectivity index (χ4v) is 3.27. The summed E-state index contributed by atoms with van der Waals surface area (Å²) in [5.74, 6) is 1.04. The van der Waals surface area contributed by atoms with E-state index in [0.29, 0.717) is 0 Å². The highest BCUT2D eigenvalue weighted by atomic mass is 127. The van der Waals surface area contributed by atoms with Crippen LogP contribution in [-0.2, 0) is 11.3 Å². The lowest BCUT2D eigenvalue weighted by atomic mass is 10.3. The number of hydrogen-bond donors (Lipinski definition) is 2. The summed E-state index contributed by atoms with van der Waals surface area (Å²) in [4.78, 5) is 20.3. The van der Waals surface area contributed by atoms with Crippen LogP contribution in [0.15, 0.2) is 11.1 Å². The van der Waals surface area contributed by atoms with E-state index in [4.69, 9.17) is 0 Å². The Hall–Kier alpha value is -1.36. The number of aryl methyl sites for hydroxylation is 3. The van der Waals surface area contributed by atoms with Crippen molar-refractivity contribution in [3.05, 3.63) is 17.5 Å². The van der Waals surface area contributed by atoms with Crippen LogP contribution in [0.3, 0.4) is 0 Å². The normalized spacial score (nSPS) is 15.3. The summed E-state index contributed by atoms with van der Waals surface area (Å²) in [5.41, 5.74) is 2.27. The molecule has 1 saturated heterocycles. The molecule has 9 heteroatoms. The van der Waals surface area contributed by atoms with Gasteiger partial charge in [0.2, 0.25) is 5.91 Å². The number of rotatable bonds is 8. The molecule has 160 valence electrons. The SMILES string of the molecule is CCNC(=NCCCn1nc(C)cc1C)NCCN1CCN(C(C)=O)CC1.I. The second-order valence-electron chi connectivity index (χ2n) is 7.04. The molecule has 8 nitrogen and oxygen atoms in total. The molecular weight excluding hydrogens is 469 g/mol. The number of aromatic nitrogens is 2. The number of piperazine rings is 1. The van der Waals surface area contributed by atoms with E-state index in [-0.39, 0.29) is 29.9 Å². The van der Waals surface area contributed by atoms with Crippen molar-refractivity contribution >= 4 is 35.8 Å². The molecule has 1 aliphatic heterocycles. The van der Waals surface area contributed by atoms with Gasteiger partial charge >= 0.3 is 0 Å². The lowest BCUT2D eigenvalue weighted by molar-refractivity contribution is -0.130. The minimum absolute atomic E-state index is 0. The van der Waals surface area contributed by atoms with E-state index in [1.165, 1.54) is 5.69 Å². The summed E-state index contributed by atoms with van der Waals surface area (Å²) in [7, 11) is 0. The first-order chi connectivity index (χ1) is 13.0. The van der Waals surface area contributed by atoms with E-state index in [9.17, 15) is 4.79 Å². The van der Waals surface area contributed by atoms with Crippen molar-refractivity contribution in [3.8, 4) is 0 Å². The monoisotopic (exact) mass is 505 g/mol. The molecule has 1 aliphatic rings. The lowest BCUT2D eigenvalue weighted by Gasteiger charge is -2.34. The third kappa shape index (κ3) is 8.34. The van der Waals surface area contributed by atoms with E-state index in [1.807, 2.05) is 16.5 Å². The summed E-state index contributed by atoms with van der Waals surface area (Å²) < 4.78 is 2.05. The van der Waals surface area contributed by atoms with Crippen molar-refractivity contribution in [3.63, 3.8) is 0 Å².